The van der Waals surface area contributed by atoms with Gasteiger partial charge in [0.1, 0.15) is 0 Å². The van der Waals surface area contributed by atoms with Crippen molar-refractivity contribution in [2.45, 2.75) is 13.8 Å². The summed E-state index contributed by atoms with van der Waals surface area (Å²) in [7, 11) is 1.91. The molecule has 0 aromatic heterocycles. The molecule has 2 N–H and O–H groups in total. The Balaban J connectivity index is 2.53. The van der Waals surface area contributed by atoms with Crippen LogP contribution in [0.25, 0.3) is 0 Å². The molecule has 0 bridgehead atoms. The van der Waals surface area contributed by atoms with Gasteiger partial charge in [-0.05, 0) is 36.7 Å². The minimum absolute atomic E-state index is 0.0385. The molecule has 3 nitrogen and oxygen atoms in total. The van der Waals surface area contributed by atoms with Crippen molar-refractivity contribution in [2.75, 3.05) is 20.1 Å². The quantitative estimate of drug-likeness (QED) is 0.847. The number of hydrogen-bond acceptors (Lipinski definition) is 2. The molecule has 0 aliphatic rings. The van der Waals surface area contributed by atoms with E-state index in [4.69, 9.17) is 11.6 Å². The Kier molecular flexibility index (Phi) is 4.97. The Labute approximate surface area is 108 Å². The van der Waals surface area contributed by atoms with Gasteiger partial charge in [0, 0.05) is 23.7 Å². The molecule has 1 aromatic carbocycles. The van der Waals surface area contributed by atoms with Gasteiger partial charge in [-0.3, -0.25) is 4.79 Å². The van der Waals surface area contributed by atoms with Crippen molar-refractivity contribution in [3.63, 3.8) is 0 Å². The zero-order valence-electron chi connectivity index (χ0n) is 10.5. The highest BCUT2D eigenvalue weighted by Gasteiger charge is 2.18. The first-order chi connectivity index (χ1) is 7.94. The van der Waals surface area contributed by atoms with E-state index < -0.39 is 0 Å². The zero-order chi connectivity index (χ0) is 12.9. The number of carbonyl (C=O) groups excluding carboxylic acids is 1. The second kappa shape index (κ2) is 6.03. The Morgan fingerprint density at radius 3 is 2.35 bits per heavy atom. The Bertz CT molecular complexity index is 374. The van der Waals surface area contributed by atoms with Crippen LogP contribution in [-0.4, -0.2) is 26.0 Å². The molecule has 1 rings (SSSR count). The van der Waals surface area contributed by atoms with Crippen molar-refractivity contribution in [1.29, 1.82) is 0 Å². The van der Waals surface area contributed by atoms with E-state index in [-0.39, 0.29) is 11.3 Å². The Morgan fingerprint density at radius 2 is 1.82 bits per heavy atom. The van der Waals surface area contributed by atoms with Crippen LogP contribution in [0.5, 0.6) is 0 Å². The van der Waals surface area contributed by atoms with Crippen molar-refractivity contribution < 1.29 is 4.79 Å². The Morgan fingerprint density at radius 1 is 1.24 bits per heavy atom. The second-order valence-corrected chi connectivity index (χ2v) is 5.32. The van der Waals surface area contributed by atoms with Crippen LogP contribution in [0.3, 0.4) is 0 Å². The molecule has 0 radical (unpaired) electrons. The van der Waals surface area contributed by atoms with E-state index in [1.54, 1.807) is 24.3 Å². The van der Waals surface area contributed by atoms with Gasteiger partial charge < -0.3 is 10.6 Å². The van der Waals surface area contributed by atoms with Crippen molar-refractivity contribution in [3.05, 3.63) is 34.9 Å². The first kappa shape index (κ1) is 14.0. The molecule has 17 heavy (non-hydrogen) atoms. The van der Waals surface area contributed by atoms with Gasteiger partial charge in [0.25, 0.3) is 5.91 Å². The molecule has 0 aliphatic heterocycles. The molecular weight excluding hydrogens is 236 g/mol. The number of amides is 1. The van der Waals surface area contributed by atoms with Gasteiger partial charge >= 0.3 is 0 Å². The third kappa shape index (κ3) is 4.75. The molecule has 0 saturated carbocycles. The van der Waals surface area contributed by atoms with Crippen LogP contribution in [0, 0.1) is 5.41 Å². The molecule has 0 atom stereocenters. The van der Waals surface area contributed by atoms with E-state index in [2.05, 4.69) is 24.5 Å². The molecule has 0 spiro atoms. The molecule has 0 saturated heterocycles. The first-order valence-corrected chi connectivity index (χ1v) is 6.01. The molecule has 0 unspecified atom stereocenters. The number of halogens is 1. The molecule has 1 amide bonds. The predicted octanol–water partition coefficient (Wildman–Crippen LogP) is 2.32. The lowest BCUT2D eigenvalue weighted by Gasteiger charge is -2.24. The van der Waals surface area contributed by atoms with Gasteiger partial charge in [0.15, 0.2) is 0 Å². The average molecular weight is 255 g/mol. The lowest BCUT2D eigenvalue weighted by molar-refractivity contribution is 0.0936. The van der Waals surface area contributed by atoms with E-state index in [1.165, 1.54) is 0 Å². The van der Waals surface area contributed by atoms with Gasteiger partial charge in [-0.25, -0.2) is 0 Å². The number of benzene rings is 1. The number of hydrogen-bond donors (Lipinski definition) is 2. The maximum atomic E-state index is 11.8. The van der Waals surface area contributed by atoms with Crippen LogP contribution >= 0.6 is 11.6 Å². The SMILES string of the molecule is CNCC(C)(C)CNC(=O)c1ccc(Cl)cc1. The molecule has 4 heteroatoms. The smallest absolute Gasteiger partial charge is 0.251 e. The minimum Gasteiger partial charge on any atom is -0.351 e. The van der Waals surface area contributed by atoms with Crippen LogP contribution < -0.4 is 10.6 Å². The second-order valence-electron chi connectivity index (χ2n) is 4.88. The van der Waals surface area contributed by atoms with Crippen LogP contribution in [0.2, 0.25) is 5.02 Å². The maximum Gasteiger partial charge on any atom is 0.251 e. The zero-order valence-corrected chi connectivity index (χ0v) is 11.3. The van der Waals surface area contributed by atoms with Gasteiger partial charge in [-0.15, -0.1) is 0 Å². The lowest BCUT2D eigenvalue weighted by Crippen LogP contribution is -2.39. The number of carbonyl (C=O) groups is 1. The highest BCUT2D eigenvalue weighted by molar-refractivity contribution is 6.30. The predicted molar refractivity (Wildman–Crippen MR) is 71.5 cm³/mol. The molecule has 0 fully saturated rings. The Hall–Kier alpha value is -1.06. The summed E-state index contributed by atoms with van der Waals surface area (Å²) in [6.45, 7) is 5.69. The molecule has 0 heterocycles. The molecular formula is C13H19ClN2O. The van der Waals surface area contributed by atoms with Crippen molar-refractivity contribution >= 4 is 17.5 Å². The summed E-state index contributed by atoms with van der Waals surface area (Å²) < 4.78 is 0. The highest BCUT2D eigenvalue weighted by Crippen LogP contribution is 2.13. The fraction of sp³-hybridized carbons (Fsp3) is 0.462. The average Bonchev–Trinajstić information content (AvgIpc) is 2.27. The summed E-state index contributed by atoms with van der Waals surface area (Å²) in [5, 5.41) is 6.67. The fourth-order valence-electron chi connectivity index (χ4n) is 1.56. The van der Waals surface area contributed by atoms with Crippen LogP contribution in [-0.2, 0) is 0 Å². The first-order valence-electron chi connectivity index (χ1n) is 5.63. The van der Waals surface area contributed by atoms with Crippen molar-refractivity contribution in [2.24, 2.45) is 5.41 Å². The van der Waals surface area contributed by atoms with E-state index in [0.29, 0.717) is 17.1 Å². The summed E-state index contributed by atoms with van der Waals surface area (Å²) in [6.07, 6.45) is 0. The van der Waals surface area contributed by atoms with E-state index in [1.807, 2.05) is 7.05 Å². The van der Waals surface area contributed by atoms with E-state index >= 15 is 0 Å². The minimum atomic E-state index is -0.0640. The third-order valence-electron chi connectivity index (χ3n) is 2.49. The standard InChI is InChI=1S/C13H19ClN2O/c1-13(2,8-15-3)9-16-12(17)10-4-6-11(14)7-5-10/h4-7,15H,8-9H2,1-3H3,(H,16,17). The summed E-state index contributed by atoms with van der Waals surface area (Å²) in [6, 6.07) is 6.88. The topological polar surface area (TPSA) is 41.1 Å². The van der Waals surface area contributed by atoms with E-state index in [9.17, 15) is 4.79 Å². The lowest BCUT2D eigenvalue weighted by atomic mass is 9.93. The summed E-state index contributed by atoms with van der Waals surface area (Å²) in [5.41, 5.74) is 0.672. The van der Waals surface area contributed by atoms with Crippen LogP contribution in [0.4, 0.5) is 0 Å². The fourth-order valence-corrected chi connectivity index (χ4v) is 1.69. The van der Waals surface area contributed by atoms with Crippen molar-refractivity contribution in [1.82, 2.24) is 10.6 Å². The summed E-state index contributed by atoms with van der Waals surface area (Å²) in [5.74, 6) is -0.0640. The largest absolute Gasteiger partial charge is 0.351 e. The van der Waals surface area contributed by atoms with Gasteiger partial charge in [0.05, 0.1) is 0 Å². The van der Waals surface area contributed by atoms with Crippen molar-refractivity contribution in [3.8, 4) is 0 Å². The van der Waals surface area contributed by atoms with Gasteiger partial charge in [-0.1, -0.05) is 25.4 Å². The highest BCUT2D eigenvalue weighted by atomic mass is 35.5. The van der Waals surface area contributed by atoms with E-state index in [0.717, 1.165) is 6.54 Å². The van der Waals surface area contributed by atoms with Gasteiger partial charge in [-0.2, -0.15) is 0 Å². The molecule has 0 aliphatic carbocycles. The maximum absolute atomic E-state index is 11.8. The van der Waals surface area contributed by atoms with Crippen LogP contribution in [0.15, 0.2) is 24.3 Å². The summed E-state index contributed by atoms with van der Waals surface area (Å²) >= 11 is 5.77. The van der Waals surface area contributed by atoms with Gasteiger partial charge in [0.2, 0.25) is 0 Å². The number of rotatable bonds is 5. The molecule has 94 valence electrons. The number of nitrogens with one attached hydrogen (secondary N) is 2. The van der Waals surface area contributed by atoms with Crippen LogP contribution in [0.1, 0.15) is 24.2 Å². The molecule has 1 aromatic rings. The monoisotopic (exact) mass is 254 g/mol. The normalized spacial score (nSPS) is 11.3. The third-order valence-corrected chi connectivity index (χ3v) is 2.74. The summed E-state index contributed by atoms with van der Waals surface area (Å²) in [4.78, 5) is 11.8.